The molecule has 0 N–H and O–H groups in total. The largest absolute Gasteiger partial charge is 0.348 e. The third-order valence-electron chi connectivity index (χ3n) is 10.2. The fourth-order valence-electron chi connectivity index (χ4n) is 7.71. The van der Waals surface area contributed by atoms with Crippen molar-refractivity contribution in [2.75, 3.05) is 13.1 Å². The topological polar surface area (TPSA) is 23.3 Å². The number of halogens is 1. The van der Waals surface area contributed by atoms with Crippen molar-refractivity contribution < 1.29 is 9.37 Å². The van der Waals surface area contributed by atoms with Crippen molar-refractivity contribution >= 4 is 28.8 Å². The van der Waals surface area contributed by atoms with Gasteiger partial charge in [-0.2, -0.15) is 4.58 Å². The van der Waals surface area contributed by atoms with Gasteiger partial charge in [0.05, 0.1) is 5.41 Å². The van der Waals surface area contributed by atoms with Crippen molar-refractivity contribution in [2.45, 2.75) is 105 Å². The lowest BCUT2D eigenvalue weighted by molar-refractivity contribution is -0.438. The number of para-hydroxylation sites is 1. The Balaban J connectivity index is 1.42. The summed E-state index contributed by atoms with van der Waals surface area (Å²) in [7, 11) is 0. The van der Waals surface area contributed by atoms with E-state index in [1.54, 1.807) is 6.92 Å². The summed E-state index contributed by atoms with van der Waals surface area (Å²) < 4.78 is 2.50. The molecule has 2 heterocycles. The van der Waals surface area contributed by atoms with E-state index in [-0.39, 0.29) is 16.6 Å². The summed E-state index contributed by atoms with van der Waals surface area (Å²) >= 11 is 7.19. The van der Waals surface area contributed by atoms with Crippen molar-refractivity contribution in [3.63, 3.8) is 0 Å². The Bertz CT molecular complexity index is 1520. The molecule has 44 heavy (non-hydrogen) atoms. The van der Waals surface area contributed by atoms with Gasteiger partial charge in [-0.3, -0.25) is 0 Å². The van der Waals surface area contributed by atoms with E-state index in [4.69, 9.17) is 11.6 Å². The number of rotatable bonds is 10. The average molecular weight is 612 g/mol. The minimum Gasteiger partial charge on any atom is -0.348 e. The molecular weight excluding hydrogens is 560 g/mol. The maximum atomic E-state index is 11.4. The number of benzene rings is 1. The molecule has 0 aromatic heterocycles. The zero-order valence-electron chi connectivity index (χ0n) is 28.1. The van der Waals surface area contributed by atoms with Gasteiger partial charge in [-0.15, -0.1) is 0 Å². The SMILES string of the molecule is CCN1C(=CC=C2CCCC(C=CC3=[N+](CCCCCC(C)=O)c4ccccc4C3(C)C)=C2Cl)C(C)(C)C2=C1CC(C)C=C2. The maximum Gasteiger partial charge on any atom is 0.209 e. The number of Topliss-reactive ketones (excluding diaryl/α,β-unsaturated/α-hetero) is 1. The van der Waals surface area contributed by atoms with Crippen molar-refractivity contribution in [2.24, 2.45) is 11.3 Å². The molecule has 1 aromatic rings. The van der Waals surface area contributed by atoms with Crippen LogP contribution in [0.25, 0.3) is 0 Å². The molecule has 2 aliphatic heterocycles. The number of hydrogen-bond acceptors (Lipinski definition) is 2. The number of nitrogens with zero attached hydrogens (tertiary/aromatic N) is 2. The van der Waals surface area contributed by atoms with E-state index >= 15 is 0 Å². The summed E-state index contributed by atoms with van der Waals surface area (Å²) in [4.78, 5) is 14.0. The minimum atomic E-state index is -0.0903. The Morgan fingerprint density at radius 3 is 2.57 bits per heavy atom. The summed E-state index contributed by atoms with van der Waals surface area (Å²) in [5.41, 5.74) is 10.7. The van der Waals surface area contributed by atoms with E-state index < -0.39 is 0 Å². The minimum absolute atomic E-state index is 0.0120. The number of hydrogen-bond donors (Lipinski definition) is 0. The van der Waals surface area contributed by atoms with Crippen LogP contribution in [0.5, 0.6) is 0 Å². The summed E-state index contributed by atoms with van der Waals surface area (Å²) in [6, 6.07) is 8.82. The molecule has 0 amide bonds. The van der Waals surface area contributed by atoms with Gasteiger partial charge in [0, 0.05) is 58.9 Å². The van der Waals surface area contributed by atoms with Crippen LogP contribution in [0, 0.1) is 11.3 Å². The summed E-state index contributed by atoms with van der Waals surface area (Å²) in [5, 5.41) is 0.916. The molecule has 5 rings (SSSR count). The molecule has 3 nitrogen and oxygen atoms in total. The molecule has 1 unspecified atom stereocenters. The van der Waals surface area contributed by atoms with E-state index in [1.165, 1.54) is 45.1 Å². The molecule has 0 saturated carbocycles. The molecule has 0 fully saturated rings. The first-order chi connectivity index (χ1) is 21.0. The van der Waals surface area contributed by atoms with Crippen LogP contribution in [-0.4, -0.2) is 34.1 Å². The zero-order chi connectivity index (χ0) is 31.6. The Labute approximate surface area is 271 Å². The molecular formula is C40H52ClN2O+. The first-order valence-electron chi connectivity index (χ1n) is 16.9. The molecule has 0 bridgehead atoms. The standard InChI is InChI=1S/C40H52ClN2O/c1-8-42-35-27-28(2)20-23-33(35)40(6,7)36(42)24-21-30-16-14-17-31(38(30)41)22-25-37-39(4,5)32-18-11-12-19-34(32)43(37)26-13-9-10-15-29(3)44/h11-12,18-25,28H,8-10,13-17,26-27H2,1-7H3/q+1. The highest BCUT2D eigenvalue weighted by Crippen LogP contribution is 2.51. The van der Waals surface area contributed by atoms with Gasteiger partial charge in [0.1, 0.15) is 12.3 Å². The highest BCUT2D eigenvalue weighted by Gasteiger charge is 2.44. The molecule has 2 aliphatic carbocycles. The van der Waals surface area contributed by atoms with Crippen LogP contribution >= 0.6 is 11.6 Å². The molecule has 0 spiro atoms. The van der Waals surface area contributed by atoms with Crippen LogP contribution in [0.3, 0.4) is 0 Å². The lowest BCUT2D eigenvalue weighted by Crippen LogP contribution is -2.28. The smallest absolute Gasteiger partial charge is 0.209 e. The summed E-state index contributed by atoms with van der Waals surface area (Å²) in [6.45, 7) is 17.6. The predicted octanol–water partition coefficient (Wildman–Crippen LogP) is 10.5. The Morgan fingerprint density at radius 1 is 1.05 bits per heavy atom. The molecule has 234 valence electrons. The van der Waals surface area contributed by atoms with E-state index in [9.17, 15) is 4.79 Å². The number of allylic oxidation sites excluding steroid dienone is 11. The average Bonchev–Trinajstić information content (AvgIpc) is 3.33. The molecule has 1 aromatic carbocycles. The van der Waals surface area contributed by atoms with Gasteiger partial charge in [-0.25, -0.2) is 0 Å². The Hall–Kier alpha value is -2.91. The van der Waals surface area contributed by atoms with Crippen molar-refractivity contribution in [1.82, 2.24) is 4.90 Å². The van der Waals surface area contributed by atoms with Crippen LogP contribution in [-0.2, 0) is 10.2 Å². The van der Waals surface area contributed by atoms with Gasteiger partial charge in [-0.1, -0.05) is 74.9 Å². The fourth-order valence-corrected chi connectivity index (χ4v) is 8.03. The second-order valence-corrected chi connectivity index (χ2v) is 14.6. The molecule has 1 atom stereocenters. The number of carbonyl (C=O) groups excluding carboxylic acids is 1. The third kappa shape index (κ3) is 6.27. The normalized spacial score (nSPS) is 24.4. The lowest BCUT2D eigenvalue weighted by Gasteiger charge is -2.28. The molecule has 4 heteroatoms. The second kappa shape index (κ2) is 13.2. The van der Waals surface area contributed by atoms with Crippen LogP contribution < -0.4 is 0 Å². The first kappa shape index (κ1) is 32.5. The predicted molar refractivity (Wildman–Crippen MR) is 187 cm³/mol. The van der Waals surface area contributed by atoms with Gasteiger partial charge in [0.15, 0.2) is 5.71 Å². The van der Waals surface area contributed by atoms with Crippen molar-refractivity contribution in [3.05, 3.63) is 99.4 Å². The van der Waals surface area contributed by atoms with Gasteiger partial charge in [0.2, 0.25) is 5.69 Å². The zero-order valence-corrected chi connectivity index (χ0v) is 28.9. The fraction of sp³-hybridized carbons (Fsp3) is 0.500. The van der Waals surface area contributed by atoms with Gasteiger partial charge in [-0.05, 0) is 94.9 Å². The van der Waals surface area contributed by atoms with Gasteiger partial charge in [0.25, 0.3) is 0 Å². The lowest BCUT2D eigenvalue weighted by atomic mass is 9.79. The number of ketones is 1. The molecule has 4 aliphatic rings. The second-order valence-electron chi connectivity index (χ2n) is 14.2. The Morgan fingerprint density at radius 2 is 1.82 bits per heavy atom. The van der Waals surface area contributed by atoms with Crippen LogP contribution in [0.4, 0.5) is 5.69 Å². The van der Waals surface area contributed by atoms with Crippen LogP contribution in [0.15, 0.2) is 93.9 Å². The van der Waals surface area contributed by atoms with E-state index in [0.717, 1.165) is 63.1 Å². The van der Waals surface area contributed by atoms with Crippen LogP contribution in [0.2, 0.25) is 0 Å². The van der Waals surface area contributed by atoms with Crippen molar-refractivity contribution in [1.29, 1.82) is 0 Å². The maximum absolute atomic E-state index is 11.4. The number of fused-ring (bicyclic) bond motifs is 1. The molecule has 0 radical (unpaired) electrons. The quantitative estimate of drug-likeness (QED) is 0.194. The van der Waals surface area contributed by atoms with Gasteiger partial charge < -0.3 is 9.69 Å². The molecule has 0 saturated heterocycles. The van der Waals surface area contributed by atoms with E-state index in [0.29, 0.717) is 12.3 Å². The van der Waals surface area contributed by atoms with Crippen LogP contribution in [0.1, 0.15) is 105 Å². The third-order valence-corrected chi connectivity index (χ3v) is 10.7. The highest BCUT2D eigenvalue weighted by molar-refractivity contribution is 6.32. The monoisotopic (exact) mass is 611 g/mol. The van der Waals surface area contributed by atoms with E-state index in [2.05, 4.69) is 112 Å². The highest BCUT2D eigenvalue weighted by atomic mass is 35.5. The summed E-state index contributed by atoms with van der Waals surface area (Å²) in [5.74, 6) is 0.867. The number of carbonyl (C=O) groups is 1. The Kier molecular flexibility index (Phi) is 9.75. The van der Waals surface area contributed by atoms with Crippen molar-refractivity contribution in [3.8, 4) is 0 Å². The first-order valence-corrected chi connectivity index (χ1v) is 17.3. The van der Waals surface area contributed by atoms with Gasteiger partial charge >= 0.3 is 0 Å². The number of unbranched alkanes of at least 4 members (excludes halogenated alkanes) is 2. The summed E-state index contributed by atoms with van der Waals surface area (Å²) in [6.07, 6.45) is 22.0. The van der Waals surface area contributed by atoms with E-state index in [1.807, 2.05) is 0 Å².